The molecule has 1 heterocycles. The van der Waals surface area contributed by atoms with Crippen molar-refractivity contribution < 1.29 is 0 Å². The van der Waals surface area contributed by atoms with Gasteiger partial charge < -0.3 is 0 Å². The Morgan fingerprint density at radius 1 is 1.07 bits per heavy atom. The van der Waals surface area contributed by atoms with E-state index in [1.165, 1.54) is 10.9 Å². The number of aromatic nitrogens is 2. The number of benzene rings is 1. The van der Waals surface area contributed by atoms with Crippen LogP contribution in [0.3, 0.4) is 0 Å². The van der Waals surface area contributed by atoms with Gasteiger partial charge in [-0.05, 0) is 24.5 Å². The summed E-state index contributed by atoms with van der Waals surface area (Å²) in [5.74, 6) is 0.496. The van der Waals surface area contributed by atoms with Crippen LogP contribution in [0.25, 0.3) is 10.9 Å². The third-order valence-electron chi connectivity index (χ3n) is 2.47. The first-order valence-electron chi connectivity index (χ1n) is 4.92. The molecule has 2 nitrogen and oxygen atoms in total. The van der Waals surface area contributed by atoms with Crippen molar-refractivity contribution in [2.75, 3.05) is 0 Å². The predicted molar refractivity (Wildman–Crippen MR) is 58.4 cm³/mol. The third kappa shape index (κ3) is 1.37. The second-order valence-electron chi connectivity index (χ2n) is 3.87. The monoisotopic (exact) mass is 186 g/mol. The molecule has 0 aliphatic carbocycles. The van der Waals surface area contributed by atoms with E-state index >= 15 is 0 Å². The zero-order valence-corrected chi connectivity index (χ0v) is 8.78. The Morgan fingerprint density at radius 3 is 2.50 bits per heavy atom. The van der Waals surface area contributed by atoms with Gasteiger partial charge in [0.1, 0.15) is 0 Å². The zero-order valence-electron chi connectivity index (χ0n) is 8.78. The Labute approximate surface area is 84.0 Å². The Bertz CT molecular complexity index is 461. The average Bonchev–Trinajstić information content (AvgIpc) is 2.17. The summed E-state index contributed by atoms with van der Waals surface area (Å²) < 4.78 is 0. The van der Waals surface area contributed by atoms with E-state index in [-0.39, 0.29) is 0 Å². The van der Waals surface area contributed by atoms with Crippen LogP contribution < -0.4 is 0 Å². The fourth-order valence-electron chi connectivity index (χ4n) is 1.90. The van der Waals surface area contributed by atoms with Gasteiger partial charge in [0.05, 0.1) is 11.2 Å². The van der Waals surface area contributed by atoms with Gasteiger partial charge >= 0.3 is 0 Å². The standard InChI is InChI=1S/C12H14N2/c1-8(2)12-9(3)13-14-11-7-5-4-6-10(11)12/h4-8H,1-3H3. The van der Waals surface area contributed by atoms with Crippen LogP contribution in [0.2, 0.25) is 0 Å². The summed E-state index contributed by atoms with van der Waals surface area (Å²) in [6.45, 7) is 6.40. The van der Waals surface area contributed by atoms with Crippen LogP contribution in [-0.2, 0) is 0 Å². The molecule has 0 radical (unpaired) electrons. The molecule has 0 saturated carbocycles. The van der Waals surface area contributed by atoms with E-state index < -0.39 is 0 Å². The number of aryl methyl sites for hydroxylation is 1. The average molecular weight is 186 g/mol. The Balaban J connectivity index is 2.83. The highest BCUT2D eigenvalue weighted by Gasteiger charge is 2.09. The molecule has 2 heteroatoms. The smallest absolute Gasteiger partial charge is 0.0932 e. The molecule has 0 aliphatic rings. The Kier molecular flexibility index (Phi) is 2.20. The minimum atomic E-state index is 0.496. The molecule has 0 amide bonds. The number of hydrogen-bond acceptors (Lipinski definition) is 2. The Morgan fingerprint density at radius 2 is 1.79 bits per heavy atom. The second kappa shape index (κ2) is 3.37. The Hall–Kier alpha value is -1.44. The van der Waals surface area contributed by atoms with Crippen LogP contribution in [0.1, 0.15) is 31.0 Å². The molecule has 0 N–H and O–H groups in total. The van der Waals surface area contributed by atoms with Crippen molar-refractivity contribution in [2.24, 2.45) is 0 Å². The molecule has 0 fully saturated rings. The first-order valence-corrected chi connectivity index (χ1v) is 4.92. The minimum Gasteiger partial charge on any atom is -0.155 e. The summed E-state index contributed by atoms with van der Waals surface area (Å²) in [6, 6.07) is 8.17. The van der Waals surface area contributed by atoms with Crippen molar-refractivity contribution >= 4 is 10.9 Å². The van der Waals surface area contributed by atoms with E-state index in [2.05, 4.69) is 36.2 Å². The lowest BCUT2D eigenvalue weighted by molar-refractivity contribution is 0.837. The normalized spacial score (nSPS) is 11.1. The topological polar surface area (TPSA) is 25.8 Å². The molecule has 1 aromatic carbocycles. The molecule has 2 rings (SSSR count). The van der Waals surface area contributed by atoms with Crippen LogP contribution in [0.4, 0.5) is 0 Å². The fourth-order valence-corrected chi connectivity index (χ4v) is 1.90. The SMILES string of the molecule is Cc1nnc2ccccc2c1C(C)C. The summed E-state index contributed by atoms with van der Waals surface area (Å²) in [5, 5.41) is 9.58. The summed E-state index contributed by atoms with van der Waals surface area (Å²) in [7, 11) is 0. The van der Waals surface area contributed by atoms with Gasteiger partial charge in [-0.1, -0.05) is 32.0 Å². The molecule has 14 heavy (non-hydrogen) atoms. The summed E-state index contributed by atoms with van der Waals surface area (Å²) >= 11 is 0. The van der Waals surface area contributed by atoms with E-state index in [1.807, 2.05) is 19.1 Å². The molecule has 0 bridgehead atoms. The summed E-state index contributed by atoms with van der Waals surface area (Å²) in [6.07, 6.45) is 0. The molecule has 2 aromatic rings. The first kappa shape index (κ1) is 9.13. The molecule has 0 saturated heterocycles. The fraction of sp³-hybridized carbons (Fsp3) is 0.333. The highest BCUT2D eigenvalue weighted by molar-refractivity contribution is 5.82. The second-order valence-corrected chi connectivity index (χ2v) is 3.87. The van der Waals surface area contributed by atoms with Crippen molar-refractivity contribution in [3.8, 4) is 0 Å². The van der Waals surface area contributed by atoms with E-state index in [4.69, 9.17) is 0 Å². The van der Waals surface area contributed by atoms with Crippen LogP contribution in [-0.4, -0.2) is 10.2 Å². The quantitative estimate of drug-likeness (QED) is 0.684. The van der Waals surface area contributed by atoms with Crippen molar-refractivity contribution in [3.63, 3.8) is 0 Å². The van der Waals surface area contributed by atoms with Crippen molar-refractivity contribution in [1.82, 2.24) is 10.2 Å². The molecule has 0 atom stereocenters. The maximum absolute atomic E-state index is 4.18. The van der Waals surface area contributed by atoms with Crippen LogP contribution in [0.15, 0.2) is 24.3 Å². The van der Waals surface area contributed by atoms with Crippen molar-refractivity contribution in [3.05, 3.63) is 35.5 Å². The van der Waals surface area contributed by atoms with Gasteiger partial charge in [-0.2, -0.15) is 10.2 Å². The lowest BCUT2D eigenvalue weighted by atomic mass is 9.97. The van der Waals surface area contributed by atoms with Gasteiger partial charge in [-0.25, -0.2) is 0 Å². The number of nitrogens with zero attached hydrogens (tertiary/aromatic N) is 2. The third-order valence-corrected chi connectivity index (χ3v) is 2.47. The molecule has 0 aliphatic heterocycles. The van der Waals surface area contributed by atoms with Gasteiger partial charge in [0.2, 0.25) is 0 Å². The lowest BCUT2D eigenvalue weighted by Crippen LogP contribution is -1.99. The highest BCUT2D eigenvalue weighted by Crippen LogP contribution is 2.25. The van der Waals surface area contributed by atoms with E-state index in [9.17, 15) is 0 Å². The molecule has 0 unspecified atom stereocenters. The maximum atomic E-state index is 4.18. The summed E-state index contributed by atoms with van der Waals surface area (Å²) in [5.41, 5.74) is 3.34. The number of fused-ring (bicyclic) bond motifs is 1. The molecular formula is C12H14N2. The van der Waals surface area contributed by atoms with Crippen LogP contribution >= 0.6 is 0 Å². The summed E-state index contributed by atoms with van der Waals surface area (Å²) in [4.78, 5) is 0. The van der Waals surface area contributed by atoms with Crippen LogP contribution in [0.5, 0.6) is 0 Å². The maximum Gasteiger partial charge on any atom is 0.0932 e. The molecule has 0 spiro atoms. The predicted octanol–water partition coefficient (Wildman–Crippen LogP) is 3.06. The van der Waals surface area contributed by atoms with Gasteiger partial charge in [-0.3, -0.25) is 0 Å². The van der Waals surface area contributed by atoms with Gasteiger partial charge in [0.25, 0.3) is 0 Å². The number of rotatable bonds is 1. The first-order chi connectivity index (χ1) is 6.70. The molecule has 72 valence electrons. The highest BCUT2D eigenvalue weighted by atomic mass is 15.1. The van der Waals surface area contributed by atoms with Crippen LogP contribution in [0, 0.1) is 6.92 Å². The van der Waals surface area contributed by atoms with Gasteiger partial charge in [-0.15, -0.1) is 0 Å². The van der Waals surface area contributed by atoms with Crippen molar-refractivity contribution in [1.29, 1.82) is 0 Å². The minimum absolute atomic E-state index is 0.496. The van der Waals surface area contributed by atoms with Crippen molar-refractivity contribution in [2.45, 2.75) is 26.7 Å². The molecular weight excluding hydrogens is 172 g/mol. The number of hydrogen-bond donors (Lipinski definition) is 0. The van der Waals surface area contributed by atoms with Gasteiger partial charge in [0.15, 0.2) is 0 Å². The van der Waals surface area contributed by atoms with E-state index in [1.54, 1.807) is 0 Å². The zero-order chi connectivity index (χ0) is 10.1. The molecule has 1 aromatic heterocycles. The largest absolute Gasteiger partial charge is 0.155 e. The lowest BCUT2D eigenvalue weighted by Gasteiger charge is -2.11. The van der Waals surface area contributed by atoms with Gasteiger partial charge in [0, 0.05) is 5.39 Å². The van der Waals surface area contributed by atoms with E-state index in [0.29, 0.717) is 5.92 Å². The van der Waals surface area contributed by atoms with E-state index in [0.717, 1.165) is 11.2 Å².